The Kier molecular flexibility index (Phi) is 4.54. The Hall–Kier alpha value is -1.59. The molecule has 1 aliphatic heterocycles. The van der Waals surface area contributed by atoms with Gasteiger partial charge in [-0.1, -0.05) is 13.8 Å². The molecule has 1 saturated heterocycles. The highest BCUT2D eigenvalue weighted by molar-refractivity contribution is 5.89. The minimum Gasteiger partial charge on any atom is -0.480 e. The average Bonchev–Trinajstić information content (AvgIpc) is 2.41. The molecule has 2 aliphatic rings. The van der Waals surface area contributed by atoms with Gasteiger partial charge in [-0.25, -0.2) is 4.79 Å². The van der Waals surface area contributed by atoms with E-state index in [1.807, 2.05) is 13.8 Å². The third kappa shape index (κ3) is 3.19. The second kappa shape index (κ2) is 6.03. The molecule has 2 N–H and O–H groups in total. The van der Waals surface area contributed by atoms with E-state index in [1.165, 1.54) is 0 Å². The second-order valence-electron chi connectivity index (χ2n) is 6.51. The SMILES string of the molecule is CC(C)C(=O)N1CCCC(C(=O)NC2(C(=O)O)CCC2)C1. The quantitative estimate of drug-likeness (QED) is 0.810. The van der Waals surface area contributed by atoms with Crippen LogP contribution < -0.4 is 5.32 Å². The number of nitrogens with one attached hydrogen (secondary N) is 1. The van der Waals surface area contributed by atoms with Crippen molar-refractivity contribution in [1.82, 2.24) is 10.2 Å². The number of likely N-dealkylation sites (tertiary alicyclic amines) is 1. The van der Waals surface area contributed by atoms with Crippen molar-refractivity contribution in [3.8, 4) is 0 Å². The third-order valence-corrected chi connectivity index (χ3v) is 4.58. The molecule has 1 saturated carbocycles. The summed E-state index contributed by atoms with van der Waals surface area (Å²) < 4.78 is 0. The molecule has 2 fully saturated rings. The van der Waals surface area contributed by atoms with Gasteiger partial charge < -0.3 is 15.3 Å². The van der Waals surface area contributed by atoms with Crippen LogP contribution in [0.25, 0.3) is 0 Å². The molecule has 2 rings (SSSR count). The van der Waals surface area contributed by atoms with Crippen LogP contribution in [0.15, 0.2) is 0 Å². The molecule has 0 radical (unpaired) electrons. The van der Waals surface area contributed by atoms with E-state index >= 15 is 0 Å². The van der Waals surface area contributed by atoms with E-state index in [2.05, 4.69) is 5.32 Å². The predicted molar refractivity (Wildman–Crippen MR) is 76.5 cm³/mol. The number of aliphatic carboxylic acids is 1. The van der Waals surface area contributed by atoms with E-state index in [0.29, 0.717) is 32.4 Å². The summed E-state index contributed by atoms with van der Waals surface area (Å²) in [5.74, 6) is -1.49. The molecule has 2 amide bonds. The van der Waals surface area contributed by atoms with Gasteiger partial charge >= 0.3 is 5.97 Å². The lowest BCUT2D eigenvalue weighted by Crippen LogP contribution is -2.61. The van der Waals surface area contributed by atoms with Gasteiger partial charge in [0.2, 0.25) is 11.8 Å². The topological polar surface area (TPSA) is 86.7 Å². The van der Waals surface area contributed by atoms with Gasteiger partial charge in [0.1, 0.15) is 5.54 Å². The van der Waals surface area contributed by atoms with Crippen LogP contribution in [-0.4, -0.2) is 46.4 Å². The van der Waals surface area contributed by atoms with Crippen molar-refractivity contribution in [1.29, 1.82) is 0 Å². The number of amides is 2. The molecular formula is C15H24N2O4. The number of piperidine rings is 1. The van der Waals surface area contributed by atoms with Crippen molar-refractivity contribution < 1.29 is 19.5 Å². The Morgan fingerprint density at radius 3 is 2.38 bits per heavy atom. The molecule has 1 unspecified atom stereocenters. The monoisotopic (exact) mass is 296 g/mol. The van der Waals surface area contributed by atoms with Crippen molar-refractivity contribution in [2.75, 3.05) is 13.1 Å². The molecule has 0 bridgehead atoms. The number of carbonyl (C=O) groups is 3. The fourth-order valence-electron chi connectivity index (χ4n) is 3.02. The van der Waals surface area contributed by atoms with E-state index in [4.69, 9.17) is 0 Å². The van der Waals surface area contributed by atoms with Crippen molar-refractivity contribution in [3.05, 3.63) is 0 Å². The highest BCUT2D eigenvalue weighted by atomic mass is 16.4. The van der Waals surface area contributed by atoms with E-state index < -0.39 is 11.5 Å². The van der Waals surface area contributed by atoms with Crippen LogP contribution in [0, 0.1) is 11.8 Å². The Balaban J connectivity index is 1.96. The van der Waals surface area contributed by atoms with Crippen LogP contribution in [0.1, 0.15) is 46.0 Å². The standard InChI is InChI=1S/C15H24N2O4/c1-10(2)13(19)17-8-3-5-11(9-17)12(18)16-15(14(20)21)6-4-7-15/h10-11H,3-9H2,1-2H3,(H,16,18)(H,20,21). The van der Waals surface area contributed by atoms with Gasteiger partial charge in [-0.3, -0.25) is 9.59 Å². The van der Waals surface area contributed by atoms with E-state index in [0.717, 1.165) is 12.8 Å². The first-order chi connectivity index (χ1) is 9.85. The predicted octanol–water partition coefficient (Wildman–Crippen LogP) is 1.00. The van der Waals surface area contributed by atoms with Crippen molar-refractivity contribution in [2.45, 2.75) is 51.5 Å². The summed E-state index contributed by atoms with van der Waals surface area (Å²) in [5.41, 5.74) is -1.07. The number of carboxylic acid groups (broad SMARTS) is 1. The average molecular weight is 296 g/mol. The molecule has 1 aliphatic carbocycles. The second-order valence-corrected chi connectivity index (χ2v) is 6.51. The van der Waals surface area contributed by atoms with E-state index in [-0.39, 0.29) is 23.7 Å². The molecule has 21 heavy (non-hydrogen) atoms. The Labute approximate surface area is 124 Å². The maximum Gasteiger partial charge on any atom is 0.329 e. The van der Waals surface area contributed by atoms with Gasteiger partial charge in [-0.05, 0) is 32.1 Å². The highest BCUT2D eigenvalue weighted by Gasteiger charge is 2.46. The Morgan fingerprint density at radius 2 is 1.90 bits per heavy atom. The summed E-state index contributed by atoms with van der Waals surface area (Å²) in [6.45, 7) is 4.78. The van der Waals surface area contributed by atoms with E-state index in [9.17, 15) is 19.5 Å². The van der Waals surface area contributed by atoms with E-state index in [1.54, 1.807) is 4.90 Å². The van der Waals surface area contributed by atoms with Gasteiger partial charge in [0, 0.05) is 19.0 Å². The molecular weight excluding hydrogens is 272 g/mol. The summed E-state index contributed by atoms with van der Waals surface area (Å²) in [6, 6.07) is 0. The molecule has 0 aromatic heterocycles. The molecule has 118 valence electrons. The third-order valence-electron chi connectivity index (χ3n) is 4.58. The Morgan fingerprint density at radius 1 is 1.24 bits per heavy atom. The van der Waals surface area contributed by atoms with Crippen LogP contribution in [0.2, 0.25) is 0 Å². The maximum absolute atomic E-state index is 12.3. The number of nitrogens with zero attached hydrogens (tertiary/aromatic N) is 1. The smallest absolute Gasteiger partial charge is 0.329 e. The number of hydrogen-bond donors (Lipinski definition) is 2. The van der Waals surface area contributed by atoms with Gasteiger partial charge in [-0.15, -0.1) is 0 Å². The molecule has 0 aromatic carbocycles. The summed E-state index contributed by atoms with van der Waals surface area (Å²) in [6.07, 6.45) is 3.32. The molecule has 0 aromatic rings. The normalized spacial score (nSPS) is 24.3. The van der Waals surface area contributed by atoms with Crippen molar-refractivity contribution in [3.63, 3.8) is 0 Å². The molecule has 6 nitrogen and oxygen atoms in total. The zero-order chi connectivity index (χ0) is 15.6. The number of rotatable bonds is 4. The number of carboxylic acids is 1. The lowest BCUT2D eigenvalue weighted by atomic mass is 9.76. The lowest BCUT2D eigenvalue weighted by molar-refractivity contribution is -0.153. The summed E-state index contributed by atoms with van der Waals surface area (Å²) in [4.78, 5) is 37.4. The van der Waals surface area contributed by atoms with Gasteiger partial charge in [0.15, 0.2) is 0 Å². The van der Waals surface area contributed by atoms with Crippen LogP contribution in [0.4, 0.5) is 0 Å². The first-order valence-corrected chi connectivity index (χ1v) is 7.70. The minimum atomic E-state index is -1.07. The van der Waals surface area contributed by atoms with Gasteiger partial charge in [0.25, 0.3) is 0 Å². The fraction of sp³-hybridized carbons (Fsp3) is 0.800. The van der Waals surface area contributed by atoms with Crippen molar-refractivity contribution >= 4 is 17.8 Å². The first-order valence-electron chi connectivity index (χ1n) is 7.70. The van der Waals surface area contributed by atoms with Crippen LogP contribution in [-0.2, 0) is 14.4 Å². The van der Waals surface area contributed by atoms with Crippen LogP contribution in [0.3, 0.4) is 0 Å². The molecule has 1 atom stereocenters. The van der Waals surface area contributed by atoms with Crippen LogP contribution >= 0.6 is 0 Å². The van der Waals surface area contributed by atoms with Crippen LogP contribution in [0.5, 0.6) is 0 Å². The molecule has 6 heteroatoms. The highest BCUT2D eigenvalue weighted by Crippen LogP contribution is 2.33. The fourth-order valence-corrected chi connectivity index (χ4v) is 3.02. The Bertz CT molecular complexity index is 443. The number of hydrogen-bond acceptors (Lipinski definition) is 3. The first kappa shape index (κ1) is 15.8. The summed E-state index contributed by atoms with van der Waals surface area (Å²) in [5, 5.41) is 12.0. The molecule has 1 heterocycles. The number of carbonyl (C=O) groups excluding carboxylic acids is 2. The van der Waals surface area contributed by atoms with Gasteiger partial charge in [-0.2, -0.15) is 0 Å². The summed E-state index contributed by atoms with van der Waals surface area (Å²) >= 11 is 0. The lowest BCUT2D eigenvalue weighted by Gasteiger charge is -2.40. The van der Waals surface area contributed by atoms with Crippen molar-refractivity contribution in [2.24, 2.45) is 11.8 Å². The molecule has 0 spiro atoms. The maximum atomic E-state index is 12.3. The zero-order valence-electron chi connectivity index (χ0n) is 12.7. The zero-order valence-corrected chi connectivity index (χ0v) is 12.7. The van der Waals surface area contributed by atoms with Gasteiger partial charge in [0.05, 0.1) is 5.92 Å². The summed E-state index contributed by atoms with van der Waals surface area (Å²) in [7, 11) is 0. The minimum absolute atomic E-state index is 0.0593. The largest absolute Gasteiger partial charge is 0.480 e.